The SMILES string of the molecule is COc1ccc(CC(C)(O)CNC(=O)Cn2c(=O)oc3ccccc32)cc1. The second-order valence-corrected chi connectivity index (χ2v) is 6.72. The fourth-order valence-corrected chi connectivity index (χ4v) is 2.90. The van der Waals surface area contributed by atoms with Gasteiger partial charge in [0.25, 0.3) is 0 Å². The van der Waals surface area contributed by atoms with Crippen molar-refractivity contribution in [3.63, 3.8) is 0 Å². The van der Waals surface area contributed by atoms with Crippen LogP contribution in [0.3, 0.4) is 0 Å². The van der Waals surface area contributed by atoms with Crippen LogP contribution in [0.15, 0.2) is 57.7 Å². The molecule has 2 aromatic carbocycles. The van der Waals surface area contributed by atoms with E-state index >= 15 is 0 Å². The quantitative estimate of drug-likeness (QED) is 0.660. The van der Waals surface area contributed by atoms with Crippen LogP contribution in [0.4, 0.5) is 0 Å². The fraction of sp³-hybridized carbons (Fsp3) is 0.300. The van der Waals surface area contributed by atoms with Gasteiger partial charge in [0, 0.05) is 13.0 Å². The van der Waals surface area contributed by atoms with Crippen LogP contribution >= 0.6 is 0 Å². The number of nitrogens with zero attached hydrogens (tertiary/aromatic N) is 1. The van der Waals surface area contributed by atoms with E-state index in [1.165, 1.54) is 4.57 Å². The number of rotatable bonds is 7. The molecule has 0 aliphatic heterocycles. The van der Waals surface area contributed by atoms with Crippen molar-refractivity contribution in [3.8, 4) is 5.75 Å². The number of benzene rings is 2. The topological polar surface area (TPSA) is 93.7 Å². The van der Waals surface area contributed by atoms with E-state index in [2.05, 4.69) is 5.32 Å². The minimum Gasteiger partial charge on any atom is -0.497 e. The number of para-hydroxylation sites is 2. The Kier molecular flexibility index (Phi) is 5.32. The molecule has 142 valence electrons. The van der Waals surface area contributed by atoms with Gasteiger partial charge in [-0.1, -0.05) is 24.3 Å². The third-order valence-corrected chi connectivity index (χ3v) is 4.29. The predicted octanol–water partition coefficient (Wildman–Crippen LogP) is 1.71. The first-order chi connectivity index (χ1) is 12.9. The number of carbonyl (C=O) groups excluding carboxylic acids is 1. The van der Waals surface area contributed by atoms with Crippen LogP contribution < -0.4 is 15.8 Å². The van der Waals surface area contributed by atoms with Crippen molar-refractivity contribution >= 4 is 17.0 Å². The van der Waals surface area contributed by atoms with Crippen LogP contribution in [0.5, 0.6) is 5.75 Å². The van der Waals surface area contributed by atoms with Crippen molar-refractivity contribution in [3.05, 3.63) is 64.6 Å². The molecule has 0 aliphatic rings. The van der Waals surface area contributed by atoms with Crippen LogP contribution in [0.1, 0.15) is 12.5 Å². The Morgan fingerprint density at radius 3 is 2.63 bits per heavy atom. The molecule has 1 atom stereocenters. The molecule has 3 aromatic rings. The number of methoxy groups -OCH3 is 1. The molecule has 1 heterocycles. The average molecular weight is 370 g/mol. The van der Waals surface area contributed by atoms with E-state index in [4.69, 9.17) is 9.15 Å². The monoisotopic (exact) mass is 370 g/mol. The summed E-state index contributed by atoms with van der Waals surface area (Å²) < 4.78 is 11.5. The lowest BCUT2D eigenvalue weighted by Crippen LogP contribution is -2.43. The Labute approximate surface area is 156 Å². The maximum atomic E-state index is 12.2. The second-order valence-electron chi connectivity index (χ2n) is 6.72. The Bertz CT molecular complexity index is 986. The van der Waals surface area contributed by atoms with Gasteiger partial charge in [0.2, 0.25) is 5.91 Å². The zero-order chi connectivity index (χ0) is 19.4. The molecule has 0 radical (unpaired) electrons. The molecule has 27 heavy (non-hydrogen) atoms. The highest BCUT2D eigenvalue weighted by molar-refractivity contribution is 5.79. The summed E-state index contributed by atoms with van der Waals surface area (Å²) in [5.41, 5.74) is 0.782. The lowest BCUT2D eigenvalue weighted by Gasteiger charge is -2.24. The predicted molar refractivity (Wildman–Crippen MR) is 101 cm³/mol. The number of nitrogens with one attached hydrogen (secondary N) is 1. The largest absolute Gasteiger partial charge is 0.497 e. The molecule has 0 bridgehead atoms. The molecule has 0 spiro atoms. The van der Waals surface area contributed by atoms with Crippen LogP contribution in [0.2, 0.25) is 0 Å². The number of hydrogen-bond donors (Lipinski definition) is 2. The maximum Gasteiger partial charge on any atom is 0.420 e. The third-order valence-electron chi connectivity index (χ3n) is 4.29. The number of ether oxygens (including phenoxy) is 1. The van der Waals surface area contributed by atoms with Crippen molar-refractivity contribution in [2.24, 2.45) is 0 Å². The van der Waals surface area contributed by atoms with Crippen LogP contribution in [0, 0.1) is 0 Å². The van der Waals surface area contributed by atoms with E-state index in [-0.39, 0.29) is 19.0 Å². The van der Waals surface area contributed by atoms with E-state index in [0.717, 1.165) is 11.3 Å². The zero-order valence-electron chi connectivity index (χ0n) is 15.3. The summed E-state index contributed by atoms with van der Waals surface area (Å²) in [6, 6.07) is 14.3. The van der Waals surface area contributed by atoms with Crippen LogP contribution in [-0.2, 0) is 17.8 Å². The summed E-state index contributed by atoms with van der Waals surface area (Å²) in [5.74, 6) is -0.223. The second kappa shape index (κ2) is 7.67. The molecule has 7 nitrogen and oxygen atoms in total. The number of aromatic nitrogens is 1. The number of amides is 1. The minimum atomic E-state index is -1.13. The summed E-state index contributed by atoms with van der Waals surface area (Å²) in [6.45, 7) is 1.54. The summed E-state index contributed by atoms with van der Waals surface area (Å²) in [4.78, 5) is 24.2. The maximum absolute atomic E-state index is 12.2. The van der Waals surface area contributed by atoms with Gasteiger partial charge in [-0.2, -0.15) is 0 Å². The molecule has 1 amide bonds. The van der Waals surface area contributed by atoms with Gasteiger partial charge >= 0.3 is 5.76 Å². The Hall–Kier alpha value is -3.06. The van der Waals surface area contributed by atoms with Crippen molar-refractivity contribution < 1.29 is 19.1 Å². The summed E-state index contributed by atoms with van der Waals surface area (Å²) in [5, 5.41) is 13.2. The van der Waals surface area contributed by atoms with E-state index in [1.807, 2.05) is 24.3 Å². The molecule has 3 rings (SSSR count). The summed E-state index contributed by atoms with van der Waals surface area (Å²) in [6.07, 6.45) is 0.367. The molecular formula is C20H22N2O5. The van der Waals surface area contributed by atoms with Crippen molar-refractivity contribution in [2.75, 3.05) is 13.7 Å². The minimum absolute atomic E-state index is 0.0579. The molecule has 0 fully saturated rings. The van der Waals surface area contributed by atoms with Crippen LogP contribution in [0.25, 0.3) is 11.1 Å². The third kappa shape index (κ3) is 4.57. The van der Waals surface area contributed by atoms with Crippen molar-refractivity contribution in [2.45, 2.75) is 25.5 Å². The van der Waals surface area contributed by atoms with Gasteiger partial charge in [0.05, 0.1) is 18.2 Å². The summed E-state index contributed by atoms with van der Waals surface area (Å²) in [7, 11) is 1.59. The van der Waals surface area contributed by atoms with Gasteiger partial charge in [0.15, 0.2) is 5.58 Å². The standard InChI is InChI=1S/C20H22N2O5/c1-20(25,11-14-7-9-15(26-2)10-8-14)13-21-18(23)12-22-16-5-3-4-6-17(16)27-19(22)24/h3-10,25H,11-13H2,1-2H3,(H,21,23). The Morgan fingerprint density at radius 2 is 1.93 bits per heavy atom. The zero-order valence-corrected chi connectivity index (χ0v) is 15.3. The van der Waals surface area contributed by atoms with E-state index in [0.29, 0.717) is 17.5 Å². The Balaban J connectivity index is 1.60. The molecule has 2 N–H and O–H groups in total. The lowest BCUT2D eigenvalue weighted by atomic mass is 9.96. The van der Waals surface area contributed by atoms with E-state index < -0.39 is 11.4 Å². The number of hydrogen-bond acceptors (Lipinski definition) is 5. The highest BCUT2D eigenvalue weighted by atomic mass is 16.5. The van der Waals surface area contributed by atoms with Crippen molar-refractivity contribution in [1.29, 1.82) is 0 Å². The van der Waals surface area contributed by atoms with Crippen molar-refractivity contribution in [1.82, 2.24) is 9.88 Å². The Morgan fingerprint density at radius 1 is 1.22 bits per heavy atom. The number of aliphatic hydroxyl groups is 1. The number of carbonyl (C=O) groups is 1. The fourth-order valence-electron chi connectivity index (χ4n) is 2.90. The first kappa shape index (κ1) is 18.7. The lowest BCUT2D eigenvalue weighted by molar-refractivity contribution is -0.122. The average Bonchev–Trinajstić information content (AvgIpc) is 2.96. The van der Waals surface area contributed by atoms with E-state index in [9.17, 15) is 14.7 Å². The molecule has 1 unspecified atom stereocenters. The smallest absolute Gasteiger partial charge is 0.420 e. The number of fused-ring (bicyclic) bond motifs is 1. The molecule has 1 aromatic heterocycles. The molecule has 0 saturated heterocycles. The highest BCUT2D eigenvalue weighted by Gasteiger charge is 2.22. The van der Waals surface area contributed by atoms with Gasteiger partial charge in [-0.05, 0) is 36.8 Å². The molecular weight excluding hydrogens is 348 g/mol. The number of oxazole rings is 1. The first-order valence-corrected chi connectivity index (χ1v) is 8.58. The van der Waals surface area contributed by atoms with Gasteiger partial charge in [-0.3, -0.25) is 9.36 Å². The molecule has 0 saturated carbocycles. The van der Waals surface area contributed by atoms with Gasteiger partial charge < -0.3 is 19.6 Å². The highest BCUT2D eigenvalue weighted by Crippen LogP contribution is 2.17. The van der Waals surface area contributed by atoms with E-state index in [1.54, 1.807) is 38.3 Å². The van der Waals surface area contributed by atoms with Gasteiger partial charge in [-0.15, -0.1) is 0 Å². The summed E-state index contributed by atoms with van der Waals surface area (Å²) >= 11 is 0. The van der Waals surface area contributed by atoms with Crippen LogP contribution in [-0.4, -0.2) is 34.8 Å². The molecule has 0 aliphatic carbocycles. The van der Waals surface area contributed by atoms with Gasteiger partial charge in [-0.25, -0.2) is 4.79 Å². The first-order valence-electron chi connectivity index (χ1n) is 8.58. The normalized spacial score (nSPS) is 13.3. The van der Waals surface area contributed by atoms with Gasteiger partial charge in [0.1, 0.15) is 12.3 Å². The molecule has 7 heteroatoms.